The van der Waals surface area contributed by atoms with Gasteiger partial charge in [-0.15, -0.1) is 10.3 Å². The van der Waals surface area contributed by atoms with Crippen LogP contribution in [-0.2, 0) is 5.21 Å². The van der Waals surface area contributed by atoms with Gasteiger partial charge in [0.2, 0.25) is 0 Å². The van der Waals surface area contributed by atoms with Crippen LogP contribution in [0, 0.1) is 0 Å². The van der Waals surface area contributed by atoms with Crippen molar-refractivity contribution >= 4 is 22.6 Å². The molecule has 0 aromatic rings. The van der Waals surface area contributed by atoms with E-state index in [1.54, 1.807) is 0 Å². The van der Waals surface area contributed by atoms with Gasteiger partial charge in [0, 0.05) is 9.46 Å². The quantitative estimate of drug-likeness (QED) is 0.488. The average Bonchev–Trinajstić information content (AvgIpc) is 1.94. The predicted molar refractivity (Wildman–Crippen MR) is 53.1 cm³/mol. The molecule has 1 aliphatic rings. The van der Waals surface area contributed by atoms with Gasteiger partial charge < -0.3 is 0 Å². The number of alkyl halides is 1. The van der Waals surface area contributed by atoms with Crippen LogP contribution in [0.3, 0.4) is 0 Å². The summed E-state index contributed by atoms with van der Waals surface area (Å²) in [4.78, 5) is 0. The lowest BCUT2D eigenvalue weighted by atomic mass is 10.0. The van der Waals surface area contributed by atoms with Crippen molar-refractivity contribution in [3.05, 3.63) is 0 Å². The molecule has 1 atom stereocenters. The van der Waals surface area contributed by atoms with Crippen LogP contribution >= 0.6 is 22.6 Å². The van der Waals surface area contributed by atoms with E-state index in [9.17, 15) is 5.21 Å². The average molecular weight is 268 g/mol. The van der Waals surface area contributed by atoms with Crippen LogP contribution in [0.2, 0.25) is 0 Å². The lowest BCUT2D eigenvalue weighted by molar-refractivity contribution is -0.243. The smallest absolute Gasteiger partial charge is 0.0561 e. The van der Waals surface area contributed by atoms with Gasteiger partial charge in [0.25, 0.3) is 0 Å². The van der Waals surface area contributed by atoms with E-state index in [4.69, 9.17) is 0 Å². The first kappa shape index (κ1) is 9.74. The summed E-state index contributed by atoms with van der Waals surface area (Å²) in [6.45, 7) is 8.07. The van der Waals surface area contributed by atoms with Crippen molar-refractivity contribution < 1.29 is 5.21 Å². The Hall–Kier alpha value is 0.650. The summed E-state index contributed by atoms with van der Waals surface area (Å²) in [5.41, 5.74) is -0.362. The summed E-state index contributed by atoms with van der Waals surface area (Å²) in [6, 6.07) is 0. The van der Waals surface area contributed by atoms with Crippen molar-refractivity contribution in [1.29, 1.82) is 0 Å². The van der Waals surface area contributed by atoms with Gasteiger partial charge in [0.05, 0.1) is 5.54 Å². The minimum Gasteiger partial charge on any atom is -0.143 e. The first-order valence-corrected chi connectivity index (χ1v) is 5.14. The first-order valence-electron chi connectivity index (χ1n) is 3.90. The molecule has 1 fully saturated rings. The van der Waals surface area contributed by atoms with Gasteiger partial charge in [-0.05, 0) is 34.1 Å². The van der Waals surface area contributed by atoms with E-state index in [0.717, 1.165) is 6.42 Å². The molecule has 0 aliphatic carbocycles. The number of nitrogens with zero attached hydrogens (tertiary/aromatic N) is 1. The number of hydroxylamine groups is 2. The molecule has 0 aromatic carbocycles. The van der Waals surface area contributed by atoms with Crippen molar-refractivity contribution in [2.75, 3.05) is 0 Å². The molecule has 3 heteroatoms. The molecule has 0 saturated carbocycles. The minimum atomic E-state index is -0.190. The van der Waals surface area contributed by atoms with E-state index >= 15 is 0 Å². The lowest BCUT2D eigenvalue weighted by Crippen LogP contribution is -2.46. The summed E-state index contributed by atoms with van der Waals surface area (Å²) in [7, 11) is 0. The topological polar surface area (TPSA) is 23.1 Å². The van der Waals surface area contributed by atoms with Crippen molar-refractivity contribution in [3.63, 3.8) is 0 Å². The zero-order valence-electron chi connectivity index (χ0n) is 7.52. The molecule has 11 heavy (non-hydrogen) atoms. The zero-order chi connectivity index (χ0) is 8.86. The molecule has 0 aromatic heterocycles. The van der Waals surface area contributed by atoms with E-state index in [0.29, 0.717) is 3.92 Å². The maximum atomic E-state index is 11.7. The van der Waals surface area contributed by atoms with Gasteiger partial charge in [-0.3, -0.25) is 0 Å². The zero-order valence-corrected chi connectivity index (χ0v) is 9.68. The standard InChI is InChI=1S/C8H15INO/c1-7(2)5-6(9)8(3,4)10(7)11/h6H,5H2,1-4H3. The maximum absolute atomic E-state index is 11.7. The van der Waals surface area contributed by atoms with E-state index in [-0.39, 0.29) is 11.1 Å². The second-order valence-electron chi connectivity index (χ2n) is 4.43. The molecule has 1 heterocycles. The largest absolute Gasteiger partial charge is 0.143 e. The van der Waals surface area contributed by atoms with E-state index in [1.807, 2.05) is 27.7 Å². The van der Waals surface area contributed by atoms with Gasteiger partial charge in [-0.1, -0.05) is 22.6 Å². The van der Waals surface area contributed by atoms with Crippen LogP contribution in [0.15, 0.2) is 0 Å². The highest BCUT2D eigenvalue weighted by Gasteiger charge is 2.51. The maximum Gasteiger partial charge on any atom is 0.0561 e. The van der Waals surface area contributed by atoms with Gasteiger partial charge in [0.1, 0.15) is 0 Å². The molecular weight excluding hydrogens is 253 g/mol. The molecule has 0 bridgehead atoms. The second-order valence-corrected chi connectivity index (χ2v) is 5.94. The van der Waals surface area contributed by atoms with Crippen molar-refractivity contribution in [2.45, 2.75) is 49.1 Å². The third kappa shape index (κ3) is 1.42. The Kier molecular flexibility index (Phi) is 2.27. The highest BCUT2D eigenvalue weighted by molar-refractivity contribution is 14.1. The molecule has 0 spiro atoms. The summed E-state index contributed by atoms with van der Waals surface area (Å²) in [5, 5.41) is 12.9. The molecule has 1 aliphatic heterocycles. The molecule has 1 radical (unpaired) electrons. The van der Waals surface area contributed by atoms with Crippen LogP contribution in [0.4, 0.5) is 0 Å². The lowest BCUT2D eigenvalue weighted by Gasteiger charge is -2.32. The van der Waals surface area contributed by atoms with Crippen molar-refractivity contribution in [2.24, 2.45) is 0 Å². The van der Waals surface area contributed by atoms with Crippen LogP contribution in [0.5, 0.6) is 0 Å². The van der Waals surface area contributed by atoms with Crippen LogP contribution < -0.4 is 0 Å². The molecule has 0 amide bonds. The van der Waals surface area contributed by atoms with Crippen LogP contribution in [-0.4, -0.2) is 20.1 Å². The van der Waals surface area contributed by atoms with Gasteiger partial charge in [-0.25, -0.2) is 0 Å². The molecular formula is C8H15INO. The fraction of sp³-hybridized carbons (Fsp3) is 1.00. The van der Waals surface area contributed by atoms with Crippen LogP contribution in [0.1, 0.15) is 34.1 Å². The predicted octanol–water partition coefficient (Wildman–Crippen LogP) is 2.40. The minimum absolute atomic E-state index is 0.171. The Morgan fingerprint density at radius 2 is 1.82 bits per heavy atom. The molecule has 1 unspecified atom stereocenters. The van der Waals surface area contributed by atoms with E-state index in [2.05, 4.69) is 22.6 Å². The summed E-state index contributed by atoms with van der Waals surface area (Å²) >= 11 is 2.37. The Bertz CT molecular complexity index is 167. The summed E-state index contributed by atoms with van der Waals surface area (Å²) in [5.74, 6) is 0. The van der Waals surface area contributed by atoms with Crippen molar-refractivity contribution in [3.8, 4) is 0 Å². The third-order valence-electron chi connectivity index (χ3n) is 2.52. The Labute approximate surface area is 82.1 Å². The van der Waals surface area contributed by atoms with Crippen LogP contribution in [0.25, 0.3) is 0 Å². The number of rotatable bonds is 0. The summed E-state index contributed by atoms with van der Waals surface area (Å²) < 4.78 is 0.465. The fourth-order valence-electron chi connectivity index (χ4n) is 1.68. The number of hydrogen-bond acceptors (Lipinski definition) is 1. The van der Waals surface area contributed by atoms with Gasteiger partial charge in [0.15, 0.2) is 0 Å². The highest BCUT2D eigenvalue weighted by atomic mass is 127. The highest BCUT2D eigenvalue weighted by Crippen LogP contribution is 2.43. The molecule has 1 saturated heterocycles. The Morgan fingerprint density at radius 3 is 1.91 bits per heavy atom. The fourth-order valence-corrected chi connectivity index (χ4v) is 3.01. The normalized spacial score (nSPS) is 36.0. The molecule has 1 rings (SSSR count). The number of halogens is 1. The van der Waals surface area contributed by atoms with Gasteiger partial charge >= 0.3 is 0 Å². The summed E-state index contributed by atoms with van der Waals surface area (Å²) in [6.07, 6.45) is 0.990. The molecule has 65 valence electrons. The monoisotopic (exact) mass is 268 g/mol. The molecule has 2 nitrogen and oxygen atoms in total. The van der Waals surface area contributed by atoms with E-state index in [1.165, 1.54) is 5.06 Å². The Balaban J connectivity index is 2.89. The first-order chi connectivity index (χ1) is 4.78. The SMILES string of the molecule is CC1(C)CC(I)C(C)(C)N1[O]. The van der Waals surface area contributed by atoms with Gasteiger partial charge in [-0.2, -0.15) is 0 Å². The second kappa shape index (κ2) is 2.57. The van der Waals surface area contributed by atoms with Crippen molar-refractivity contribution in [1.82, 2.24) is 5.06 Å². The number of hydrogen-bond donors (Lipinski definition) is 0. The third-order valence-corrected chi connectivity index (χ3v) is 4.48. The Morgan fingerprint density at radius 1 is 1.36 bits per heavy atom. The van der Waals surface area contributed by atoms with E-state index < -0.39 is 0 Å². The molecule has 0 N–H and O–H groups in total.